The molecule has 0 saturated carbocycles. The molecule has 0 radical (unpaired) electrons. The van der Waals surface area contributed by atoms with Crippen molar-refractivity contribution in [2.24, 2.45) is 5.10 Å². The first-order valence-corrected chi connectivity index (χ1v) is 11.8. The lowest BCUT2D eigenvalue weighted by Crippen LogP contribution is -2.27. The van der Waals surface area contributed by atoms with Crippen molar-refractivity contribution in [1.29, 1.82) is 0 Å². The molecule has 3 aromatic carbocycles. The van der Waals surface area contributed by atoms with E-state index < -0.39 is 16.1 Å². The van der Waals surface area contributed by atoms with Gasteiger partial charge in [-0.1, -0.05) is 41.4 Å². The number of hydrogen-bond acceptors (Lipinski definition) is 5. The Morgan fingerprint density at radius 1 is 0.969 bits per heavy atom. The molecule has 0 bridgehead atoms. The molecular formula is C24H23ClN2O4S. The monoisotopic (exact) mass is 470 g/mol. The molecule has 8 heteroatoms. The van der Waals surface area contributed by atoms with Crippen LogP contribution in [-0.2, 0) is 10.0 Å². The predicted molar refractivity (Wildman–Crippen MR) is 125 cm³/mol. The number of sulfonamides is 1. The van der Waals surface area contributed by atoms with Crippen molar-refractivity contribution in [3.8, 4) is 11.5 Å². The van der Waals surface area contributed by atoms with E-state index in [2.05, 4.69) is 5.10 Å². The van der Waals surface area contributed by atoms with E-state index in [1.807, 2.05) is 25.1 Å². The summed E-state index contributed by atoms with van der Waals surface area (Å²) in [7, 11) is -0.763. The summed E-state index contributed by atoms with van der Waals surface area (Å²) in [5.41, 5.74) is 3.09. The Bertz CT molecular complexity index is 1250. The number of benzene rings is 3. The highest BCUT2D eigenvalue weighted by Gasteiger charge is 2.38. The zero-order chi connectivity index (χ0) is 22.9. The molecule has 0 N–H and O–H groups in total. The first-order chi connectivity index (χ1) is 15.3. The largest absolute Gasteiger partial charge is 0.497 e. The van der Waals surface area contributed by atoms with E-state index in [4.69, 9.17) is 21.1 Å². The second-order valence-corrected chi connectivity index (χ2v) is 9.75. The van der Waals surface area contributed by atoms with Gasteiger partial charge in [-0.3, -0.25) is 0 Å². The van der Waals surface area contributed by atoms with Crippen molar-refractivity contribution >= 4 is 27.3 Å². The Hall–Kier alpha value is -3.03. The van der Waals surface area contributed by atoms with Gasteiger partial charge in [-0.2, -0.15) is 17.9 Å². The van der Waals surface area contributed by atoms with Gasteiger partial charge in [0, 0.05) is 23.1 Å². The van der Waals surface area contributed by atoms with E-state index in [-0.39, 0.29) is 4.90 Å². The molecule has 0 aliphatic carbocycles. The topological polar surface area (TPSA) is 68.2 Å². The fourth-order valence-electron chi connectivity index (χ4n) is 3.64. The van der Waals surface area contributed by atoms with Crippen LogP contribution in [0.1, 0.15) is 29.2 Å². The summed E-state index contributed by atoms with van der Waals surface area (Å²) in [5.74, 6) is 1.20. The molecule has 32 heavy (non-hydrogen) atoms. The minimum Gasteiger partial charge on any atom is -0.497 e. The van der Waals surface area contributed by atoms with Crippen LogP contribution in [0.4, 0.5) is 0 Å². The number of hydrogen-bond donors (Lipinski definition) is 0. The highest BCUT2D eigenvalue weighted by Crippen LogP contribution is 2.38. The molecule has 6 nitrogen and oxygen atoms in total. The van der Waals surface area contributed by atoms with Gasteiger partial charge in [0.25, 0.3) is 10.0 Å². The third-order valence-electron chi connectivity index (χ3n) is 5.36. The highest BCUT2D eigenvalue weighted by atomic mass is 35.5. The molecule has 0 spiro atoms. The second-order valence-electron chi connectivity index (χ2n) is 7.51. The zero-order valence-electron chi connectivity index (χ0n) is 17.9. The number of nitrogens with zero attached hydrogens (tertiary/aromatic N) is 2. The molecule has 1 aliphatic rings. The minimum atomic E-state index is -3.90. The van der Waals surface area contributed by atoms with Crippen molar-refractivity contribution in [3.63, 3.8) is 0 Å². The predicted octanol–water partition coefficient (Wildman–Crippen LogP) is 5.21. The maximum Gasteiger partial charge on any atom is 0.279 e. The summed E-state index contributed by atoms with van der Waals surface area (Å²) in [6.07, 6.45) is 0.377. The van der Waals surface area contributed by atoms with E-state index in [9.17, 15) is 8.42 Å². The zero-order valence-corrected chi connectivity index (χ0v) is 19.5. The van der Waals surface area contributed by atoms with Crippen LogP contribution in [0.5, 0.6) is 11.5 Å². The van der Waals surface area contributed by atoms with Crippen LogP contribution in [-0.4, -0.2) is 32.8 Å². The van der Waals surface area contributed by atoms with Crippen LogP contribution in [0.3, 0.4) is 0 Å². The molecular weight excluding hydrogens is 448 g/mol. The van der Waals surface area contributed by atoms with Gasteiger partial charge in [-0.25, -0.2) is 0 Å². The average molecular weight is 471 g/mol. The van der Waals surface area contributed by atoms with Gasteiger partial charge in [0.15, 0.2) is 0 Å². The summed E-state index contributed by atoms with van der Waals surface area (Å²) in [4.78, 5) is 0.184. The molecule has 0 unspecified atom stereocenters. The molecule has 0 amide bonds. The fourth-order valence-corrected chi connectivity index (χ4v) is 5.27. The summed E-state index contributed by atoms with van der Waals surface area (Å²) in [6.45, 7) is 1.91. The standard InChI is InChI=1S/C24H23ClN2O4S/c1-16-7-9-22(10-8-16)32(28,29)27-24(17-5-4-6-19(25)11-17)15-23(26-27)18-12-20(30-2)14-21(13-18)31-3/h4-14,24H,15H2,1-3H3/t24-/m0/s1. The molecule has 1 heterocycles. The first-order valence-electron chi connectivity index (χ1n) is 9.99. The van der Waals surface area contributed by atoms with Crippen LogP contribution in [0, 0.1) is 6.92 Å². The van der Waals surface area contributed by atoms with E-state index in [1.54, 1.807) is 62.8 Å². The highest BCUT2D eigenvalue weighted by molar-refractivity contribution is 7.89. The van der Waals surface area contributed by atoms with E-state index in [0.717, 1.165) is 16.7 Å². The van der Waals surface area contributed by atoms with Crippen LogP contribution >= 0.6 is 11.6 Å². The Morgan fingerprint density at radius 3 is 2.22 bits per heavy atom. The third kappa shape index (κ3) is 4.31. The molecule has 1 atom stereocenters. The minimum absolute atomic E-state index is 0.184. The SMILES string of the molecule is COc1cc(OC)cc(C2=NN(S(=O)(=O)c3ccc(C)cc3)[C@H](c3cccc(Cl)c3)C2)c1. The molecule has 1 aliphatic heterocycles. The van der Waals surface area contributed by atoms with Crippen molar-refractivity contribution in [2.45, 2.75) is 24.3 Å². The number of hydrazone groups is 1. The molecule has 166 valence electrons. The lowest BCUT2D eigenvalue weighted by Gasteiger charge is -2.23. The van der Waals surface area contributed by atoms with E-state index in [1.165, 1.54) is 4.41 Å². The van der Waals surface area contributed by atoms with Gasteiger partial charge in [0.1, 0.15) is 11.5 Å². The summed E-state index contributed by atoms with van der Waals surface area (Å²) < 4.78 is 39.1. The average Bonchev–Trinajstić information content (AvgIpc) is 3.25. The smallest absolute Gasteiger partial charge is 0.279 e. The van der Waals surface area contributed by atoms with Gasteiger partial charge in [0.2, 0.25) is 0 Å². The van der Waals surface area contributed by atoms with Crippen LogP contribution in [0.15, 0.2) is 76.7 Å². The number of ether oxygens (including phenoxy) is 2. The number of halogens is 1. The molecule has 0 fully saturated rings. The van der Waals surface area contributed by atoms with E-state index >= 15 is 0 Å². The molecule has 0 saturated heterocycles. The molecule has 4 rings (SSSR count). The van der Waals surface area contributed by atoms with Crippen molar-refractivity contribution < 1.29 is 17.9 Å². The van der Waals surface area contributed by atoms with Gasteiger partial charge in [-0.15, -0.1) is 0 Å². The van der Waals surface area contributed by atoms with Gasteiger partial charge in [0.05, 0.1) is 30.9 Å². The summed E-state index contributed by atoms with van der Waals surface area (Å²) >= 11 is 6.21. The van der Waals surface area contributed by atoms with Crippen LogP contribution in [0.25, 0.3) is 0 Å². The van der Waals surface area contributed by atoms with Gasteiger partial charge < -0.3 is 9.47 Å². The van der Waals surface area contributed by atoms with Crippen molar-refractivity contribution in [2.75, 3.05) is 14.2 Å². The lowest BCUT2D eigenvalue weighted by molar-refractivity contribution is 0.371. The lowest BCUT2D eigenvalue weighted by atomic mass is 9.99. The Kier molecular flexibility index (Phi) is 6.13. The summed E-state index contributed by atoms with van der Waals surface area (Å²) in [6, 6.07) is 18.8. The quantitative estimate of drug-likeness (QED) is 0.496. The van der Waals surface area contributed by atoms with E-state index in [0.29, 0.717) is 28.7 Å². The number of methoxy groups -OCH3 is 2. The Balaban J connectivity index is 1.83. The summed E-state index contributed by atoms with van der Waals surface area (Å²) in [5, 5.41) is 5.11. The van der Waals surface area contributed by atoms with Gasteiger partial charge >= 0.3 is 0 Å². The number of aryl methyl sites for hydroxylation is 1. The van der Waals surface area contributed by atoms with Crippen LogP contribution in [0.2, 0.25) is 5.02 Å². The van der Waals surface area contributed by atoms with Gasteiger partial charge in [-0.05, 0) is 48.9 Å². The Labute approximate surface area is 193 Å². The second kappa shape index (κ2) is 8.84. The molecule has 3 aromatic rings. The number of rotatable bonds is 6. The maximum absolute atomic E-state index is 13.6. The Morgan fingerprint density at radius 2 is 1.62 bits per heavy atom. The third-order valence-corrected chi connectivity index (χ3v) is 7.29. The first kappa shape index (κ1) is 22.2. The normalized spacial score (nSPS) is 16.1. The molecule has 0 aromatic heterocycles. The maximum atomic E-state index is 13.6. The van der Waals surface area contributed by atoms with Crippen LogP contribution < -0.4 is 9.47 Å². The van der Waals surface area contributed by atoms with Crippen molar-refractivity contribution in [3.05, 3.63) is 88.4 Å². The fraction of sp³-hybridized carbons (Fsp3) is 0.208. The van der Waals surface area contributed by atoms with Crippen molar-refractivity contribution in [1.82, 2.24) is 4.41 Å².